The van der Waals surface area contributed by atoms with Crippen LogP contribution < -0.4 is 0 Å². The molecule has 0 fully saturated rings. The Morgan fingerprint density at radius 3 is 2.19 bits per heavy atom. The maximum atomic E-state index is 12.3. The van der Waals surface area contributed by atoms with E-state index in [0.29, 0.717) is 4.31 Å². The second kappa shape index (κ2) is 6.83. The number of hydrogen-bond donors (Lipinski definition) is 2. The van der Waals surface area contributed by atoms with E-state index in [-0.39, 0.29) is 23.4 Å². The number of sulfonamides is 1. The van der Waals surface area contributed by atoms with Crippen molar-refractivity contribution in [2.24, 2.45) is 0 Å². The third kappa shape index (κ3) is 4.27. The van der Waals surface area contributed by atoms with Gasteiger partial charge in [0, 0.05) is 13.0 Å². The van der Waals surface area contributed by atoms with Crippen molar-refractivity contribution in [1.82, 2.24) is 4.31 Å². The van der Waals surface area contributed by atoms with E-state index in [1.165, 1.54) is 0 Å². The van der Waals surface area contributed by atoms with E-state index < -0.39 is 28.5 Å². The minimum Gasteiger partial charge on any atom is -0.480 e. The summed E-state index contributed by atoms with van der Waals surface area (Å²) in [6.07, 6.45) is -0.153. The molecule has 0 bridgehead atoms. The lowest BCUT2D eigenvalue weighted by atomic mass is 10.2. The lowest BCUT2D eigenvalue weighted by molar-refractivity contribution is -0.137. The molecule has 0 aromatic heterocycles. The van der Waals surface area contributed by atoms with Gasteiger partial charge in [0.1, 0.15) is 6.54 Å². The van der Waals surface area contributed by atoms with E-state index in [1.807, 2.05) is 0 Å². The summed E-state index contributed by atoms with van der Waals surface area (Å²) in [7, 11) is -4.10. The van der Waals surface area contributed by atoms with Crippen molar-refractivity contribution in [1.29, 1.82) is 5.26 Å². The maximum Gasteiger partial charge on any atom is 0.335 e. The van der Waals surface area contributed by atoms with E-state index >= 15 is 0 Å². The smallest absolute Gasteiger partial charge is 0.335 e. The Kier molecular flexibility index (Phi) is 5.40. The number of carboxylic acids is 2. The largest absolute Gasteiger partial charge is 0.480 e. The fourth-order valence-electron chi connectivity index (χ4n) is 1.53. The Labute approximate surface area is 120 Å². The molecular formula is C12H12N2O6S. The average molecular weight is 312 g/mol. The summed E-state index contributed by atoms with van der Waals surface area (Å²) >= 11 is 0. The van der Waals surface area contributed by atoms with Crippen LogP contribution in [0, 0.1) is 11.3 Å². The third-order valence-electron chi connectivity index (χ3n) is 2.52. The highest BCUT2D eigenvalue weighted by molar-refractivity contribution is 7.89. The number of aromatic carboxylic acids is 1. The molecule has 0 radical (unpaired) electrons. The molecule has 8 nitrogen and oxygen atoms in total. The normalized spacial score (nSPS) is 11.0. The highest BCUT2D eigenvalue weighted by atomic mass is 32.2. The molecule has 0 saturated heterocycles. The first-order valence-corrected chi connectivity index (χ1v) is 7.15. The van der Waals surface area contributed by atoms with Crippen LogP contribution in [0.1, 0.15) is 16.8 Å². The van der Waals surface area contributed by atoms with Gasteiger partial charge in [-0.05, 0) is 24.3 Å². The zero-order valence-corrected chi connectivity index (χ0v) is 11.6. The quantitative estimate of drug-likeness (QED) is 0.742. The minimum atomic E-state index is -4.10. The summed E-state index contributed by atoms with van der Waals surface area (Å²) in [5.41, 5.74) is -0.0873. The van der Waals surface area contributed by atoms with Gasteiger partial charge in [-0.25, -0.2) is 13.2 Å². The molecule has 0 aliphatic carbocycles. The fraction of sp³-hybridized carbons (Fsp3) is 0.250. The molecule has 0 atom stereocenters. The maximum absolute atomic E-state index is 12.3. The van der Waals surface area contributed by atoms with Crippen molar-refractivity contribution in [2.45, 2.75) is 11.3 Å². The molecule has 0 unspecified atom stereocenters. The molecular weight excluding hydrogens is 300 g/mol. The minimum absolute atomic E-state index is 0.0873. The van der Waals surface area contributed by atoms with Crippen molar-refractivity contribution in [3.05, 3.63) is 29.8 Å². The van der Waals surface area contributed by atoms with Gasteiger partial charge in [0.15, 0.2) is 0 Å². The van der Waals surface area contributed by atoms with Crippen molar-refractivity contribution < 1.29 is 28.2 Å². The zero-order valence-electron chi connectivity index (χ0n) is 10.8. The number of benzene rings is 1. The summed E-state index contributed by atoms with van der Waals surface area (Å²) in [5, 5.41) is 26.0. The Morgan fingerprint density at radius 2 is 1.76 bits per heavy atom. The first-order chi connectivity index (χ1) is 9.78. The zero-order chi connectivity index (χ0) is 16.0. The standard InChI is InChI=1S/C12H12N2O6S/c13-6-1-7-14(8-11(15)16)21(19,20)10-4-2-9(3-5-10)12(17)18/h2-5H,1,7-8H2,(H,15,16)(H,17,18). The van der Waals surface area contributed by atoms with Crippen LogP contribution in [0.25, 0.3) is 0 Å². The monoisotopic (exact) mass is 312 g/mol. The lowest BCUT2D eigenvalue weighted by Gasteiger charge is -2.19. The van der Waals surface area contributed by atoms with Crippen LogP contribution in [-0.4, -0.2) is 48.0 Å². The summed E-state index contributed by atoms with van der Waals surface area (Å²) < 4.78 is 25.2. The van der Waals surface area contributed by atoms with Gasteiger partial charge in [-0.3, -0.25) is 4.79 Å². The average Bonchev–Trinajstić information content (AvgIpc) is 2.43. The van der Waals surface area contributed by atoms with Crippen molar-refractivity contribution in [2.75, 3.05) is 13.1 Å². The number of carboxylic acid groups (broad SMARTS) is 2. The number of hydrogen-bond acceptors (Lipinski definition) is 5. The van der Waals surface area contributed by atoms with Gasteiger partial charge in [-0.15, -0.1) is 0 Å². The molecule has 0 amide bonds. The molecule has 1 rings (SSSR count). The number of nitrogens with zero attached hydrogens (tertiary/aromatic N) is 2. The second-order valence-corrected chi connectivity index (χ2v) is 5.91. The van der Waals surface area contributed by atoms with Crippen molar-refractivity contribution in [3.8, 4) is 6.07 Å². The molecule has 9 heteroatoms. The predicted molar refractivity (Wildman–Crippen MR) is 70.0 cm³/mol. The fourth-order valence-corrected chi connectivity index (χ4v) is 2.92. The summed E-state index contributed by atoms with van der Waals surface area (Å²) in [6, 6.07) is 6.13. The van der Waals surface area contributed by atoms with Crippen molar-refractivity contribution in [3.63, 3.8) is 0 Å². The van der Waals surface area contributed by atoms with Gasteiger partial charge >= 0.3 is 11.9 Å². The first-order valence-electron chi connectivity index (χ1n) is 5.71. The van der Waals surface area contributed by atoms with Gasteiger partial charge < -0.3 is 10.2 Å². The van der Waals surface area contributed by atoms with Crippen LogP contribution in [0.4, 0.5) is 0 Å². The van der Waals surface area contributed by atoms with Gasteiger partial charge in [0.05, 0.1) is 16.5 Å². The van der Waals surface area contributed by atoms with Crippen LogP contribution in [0.5, 0.6) is 0 Å². The third-order valence-corrected chi connectivity index (χ3v) is 4.38. The molecule has 2 N–H and O–H groups in total. The Morgan fingerprint density at radius 1 is 1.19 bits per heavy atom. The molecule has 0 aliphatic heterocycles. The van der Waals surface area contributed by atoms with E-state index in [1.54, 1.807) is 6.07 Å². The van der Waals surface area contributed by atoms with Crippen molar-refractivity contribution >= 4 is 22.0 Å². The molecule has 0 saturated carbocycles. The highest BCUT2D eigenvalue weighted by Crippen LogP contribution is 2.16. The number of nitriles is 1. The van der Waals surface area contributed by atoms with Crippen LogP contribution in [0.15, 0.2) is 29.2 Å². The Bertz CT molecular complexity index is 675. The predicted octanol–water partition coefficient (Wildman–Crippen LogP) is 0.374. The van der Waals surface area contributed by atoms with Crippen LogP contribution in [0.2, 0.25) is 0 Å². The van der Waals surface area contributed by atoms with E-state index in [4.69, 9.17) is 15.5 Å². The van der Waals surface area contributed by atoms with Gasteiger partial charge in [0.25, 0.3) is 0 Å². The molecule has 0 heterocycles. The summed E-state index contributed by atoms with van der Waals surface area (Å²) in [6.45, 7) is -1.03. The number of rotatable bonds is 7. The Balaban J connectivity index is 3.12. The van der Waals surface area contributed by atoms with Gasteiger partial charge in [-0.1, -0.05) is 0 Å². The molecule has 112 valence electrons. The number of aliphatic carboxylic acids is 1. The topological polar surface area (TPSA) is 136 Å². The summed E-state index contributed by atoms with van der Waals surface area (Å²) in [4.78, 5) is 21.2. The van der Waals surface area contributed by atoms with E-state index in [2.05, 4.69) is 0 Å². The molecule has 1 aromatic rings. The van der Waals surface area contributed by atoms with Gasteiger partial charge in [-0.2, -0.15) is 9.57 Å². The highest BCUT2D eigenvalue weighted by Gasteiger charge is 2.26. The summed E-state index contributed by atoms with van der Waals surface area (Å²) in [5.74, 6) is -2.55. The van der Waals surface area contributed by atoms with E-state index in [9.17, 15) is 18.0 Å². The molecule has 0 spiro atoms. The van der Waals surface area contributed by atoms with Crippen LogP contribution >= 0.6 is 0 Å². The lowest BCUT2D eigenvalue weighted by Crippen LogP contribution is -2.36. The molecule has 21 heavy (non-hydrogen) atoms. The SMILES string of the molecule is N#CCCN(CC(=O)O)S(=O)(=O)c1ccc(C(=O)O)cc1. The van der Waals surface area contributed by atoms with Crippen LogP contribution in [-0.2, 0) is 14.8 Å². The molecule has 0 aliphatic rings. The Hall–Kier alpha value is -2.44. The number of carbonyl (C=O) groups is 2. The second-order valence-electron chi connectivity index (χ2n) is 3.97. The molecule has 1 aromatic carbocycles. The van der Waals surface area contributed by atoms with Gasteiger partial charge in [0.2, 0.25) is 10.0 Å². The first kappa shape index (κ1) is 16.6. The van der Waals surface area contributed by atoms with Crippen LogP contribution in [0.3, 0.4) is 0 Å². The van der Waals surface area contributed by atoms with E-state index in [0.717, 1.165) is 24.3 Å².